The Morgan fingerprint density at radius 2 is 2.06 bits per heavy atom. The second-order valence-corrected chi connectivity index (χ2v) is 3.78. The first-order valence-electron chi connectivity index (χ1n) is 5.80. The van der Waals surface area contributed by atoms with Gasteiger partial charge in [-0.1, -0.05) is 25.1 Å². The third kappa shape index (κ3) is 3.83. The highest BCUT2D eigenvalue weighted by molar-refractivity contribution is 5.33. The van der Waals surface area contributed by atoms with Crippen molar-refractivity contribution in [3.8, 4) is 5.75 Å². The maximum atomic E-state index is 5.35. The Bertz CT molecular complexity index is 302. The van der Waals surface area contributed by atoms with Gasteiger partial charge >= 0.3 is 0 Å². The molecule has 0 amide bonds. The Kier molecular flexibility index (Phi) is 5.90. The Hall–Kier alpha value is -1.06. The SMILES string of the molecule is CCN(CCNC)Cc1ccccc1OC. The summed E-state index contributed by atoms with van der Waals surface area (Å²) in [6, 6.07) is 8.21. The first-order chi connectivity index (χ1) is 7.81. The van der Waals surface area contributed by atoms with Crippen LogP contribution in [0.4, 0.5) is 0 Å². The van der Waals surface area contributed by atoms with E-state index in [0.717, 1.165) is 31.9 Å². The summed E-state index contributed by atoms with van der Waals surface area (Å²) in [6.07, 6.45) is 0. The van der Waals surface area contributed by atoms with Crippen LogP contribution in [0.2, 0.25) is 0 Å². The minimum Gasteiger partial charge on any atom is -0.496 e. The molecule has 0 aliphatic carbocycles. The van der Waals surface area contributed by atoms with Gasteiger partial charge in [0.15, 0.2) is 0 Å². The van der Waals surface area contributed by atoms with E-state index in [9.17, 15) is 0 Å². The lowest BCUT2D eigenvalue weighted by Crippen LogP contribution is -2.30. The maximum Gasteiger partial charge on any atom is 0.123 e. The van der Waals surface area contributed by atoms with Gasteiger partial charge in [0.1, 0.15) is 5.75 Å². The standard InChI is InChI=1S/C13H22N2O/c1-4-15(10-9-14-2)11-12-7-5-6-8-13(12)16-3/h5-8,14H,4,9-11H2,1-3H3. The van der Waals surface area contributed by atoms with Gasteiger partial charge < -0.3 is 10.1 Å². The average Bonchev–Trinajstić information content (AvgIpc) is 2.34. The third-order valence-corrected chi connectivity index (χ3v) is 2.71. The van der Waals surface area contributed by atoms with E-state index in [1.165, 1.54) is 5.56 Å². The quantitative estimate of drug-likeness (QED) is 0.760. The monoisotopic (exact) mass is 222 g/mol. The van der Waals surface area contributed by atoms with Crippen LogP contribution < -0.4 is 10.1 Å². The molecule has 0 heterocycles. The van der Waals surface area contributed by atoms with E-state index in [2.05, 4.69) is 29.3 Å². The molecule has 1 aromatic carbocycles. The molecule has 16 heavy (non-hydrogen) atoms. The summed E-state index contributed by atoms with van der Waals surface area (Å²) < 4.78 is 5.35. The Labute approximate surface area is 98.4 Å². The third-order valence-electron chi connectivity index (χ3n) is 2.71. The Balaban J connectivity index is 2.62. The molecule has 0 aliphatic heterocycles. The minimum absolute atomic E-state index is 0.947. The molecule has 1 rings (SSSR count). The molecule has 90 valence electrons. The van der Waals surface area contributed by atoms with Gasteiger partial charge in [-0.05, 0) is 19.7 Å². The number of methoxy groups -OCH3 is 1. The van der Waals surface area contributed by atoms with Crippen LogP contribution in [-0.2, 0) is 6.54 Å². The number of benzene rings is 1. The van der Waals surface area contributed by atoms with Gasteiger partial charge in [0.25, 0.3) is 0 Å². The molecule has 0 fully saturated rings. The number of hydrogen-bond donors (Lipinski definition) is 1. The zero-order valence-corrected chi connectivity index (χ0v) is 10.5. The fourth-order valence-electron chi connectivity index (χ4n) is 1.69. The normalized spacial score (nSPS) is 10.8. The van der Waals surface area contributed by atoms with Gasteiger partial charge in [-0.15, -0.1) is 0 Å². The van der Waals surface area contributed by atoms with Crippen molar-refractivity contribution in [2.75, 3.05) is 33.8 Å². The molecule has 0 radical (unpaired) electrons. The van der Waals surface area contributed by atoms with Crippen LogP contribution in [0.15, 0.2) is 24.3 Å². The topological polar surface area (TPSA) is 24.5 Å². The first-order valence-corrected chi connectivity index (χ1v) is 5.80. The first kappa shape index (κ1) is 13.0. The number of rotatable bonds is 7. The predicted molar refractivity (Wildman–Crippen MR) is 67.9 cm³/mol. The highest BCUT2D eigenvalue weighted by Crippen LogP contribution is 2.18. The van der Waals surface area contributed by atoms with Crippen LogP contribution >= 0.6 is 0 Å². The molecule has 3 heteroatoms. The molecule has 0 saturated heterocycles. The number of hydrogen-bond acceptors (Lipinski definition) is 3. The zero-order valence-electron chi connectivity index (χ0n) is 10.5. The average molecular weight is 222 g/mol. The van der Waals surface area contributed by atoms with Crippen molar-refractivity contribution in [1.29, 1.82) is 0 Å². The van der Waals surface area contributed by atoms with Crippen molar-refractivity contribution < 1.29 is 4.74 Å². The summed E-state index contributed by atoms with van der Waals surface area (Å²) in [4.78, 5) is 2.40. The van der Waals surface area contributed by atoms with Crippen LogP contribution in [0.3, 0.4) is 0 Å². The fourth-order valence-corrected chi connectivity index (χ4v) is 1.69. The van der Waals surface area contributed by atoms with Crippen molar-refractivity contribution in [3.05, 3.63) is 29.8 Å². The molecule has 0 aliphatic rings. The molecule has 1 aromatic rings. The Morgan fingerprint density at radius 1 is 1.31 bits per heavy atom. The van der Waals surface area contributed by atoms with Crippen molar-refractivity contribution in [1.82, 2.24) is 10.2 Å². The lowest BCUT2D eigenvalue weighted by Gasteiger charge is -2.21. The van der Waals surface area contributed by atoms with Gasteiger partial charge in [-0.2, -0.15) is 0 Å². The molecule has 0 atom stereocenters. The highest BCUT2D eigenvalue weighted by atomic mass is 16.5. The summed E-state index contributed by atoms with van der Waals surface area (Å²) >= 11 is 0. The van der Waals surface area contributed by atoms with E-state index in [-0.39, 0.29) is 0 Å². The lowest BCUT2D eigenvalue weighted by atomic mass is 10.2. The summed E-state index contributed by atoms with van der Waals surface area (Å²) in [5, 5.41) is 3.17. The summed E-state index contributed by atoms with van der Waals surface area (Å²) in [7, 11) is 3.71. The van der Waals surface area contributed by atoms with Crippen LogP contribution in [0.5, 0.6) is 5.75 Å². The number of nitrogens with zero attached hydrogens (tertiary/aromatic N) is 1. The zero-order chi connectivity index (χ0) is 11.8. The number of ether oxygens (including phenoxy) is 1. The second kappa shape index (κ2) is 7.25. The Morgan fingerprint density at radius 3 is 2.69 bits per heavy atom. The van der Waals surface area contributed by atoms with Gasteiger partial charge in [0.05, 0.1) is 7.11 Å². The fraction of sp³-hybridized carbons (Fsp3) is 0.538. The lowest BCUT2D eigenvalue weighted by molar-refractivity contribution is 0.276. The summed E-state index contributed by atoms with van der Waals surface area (Å²) in [5.74, 6) is 0.977. The van der Waals surface area contributed by atoms with Crippen LogP contribution in [0.1, 0.15) is 12.5 Å². The van der Waals surface area contributed by atoms with E-state index in [4.69, 9.17) is 4.74 Å². The predicted octanol–water partition coefficient (Wildman–Crippen LogP) is 1.74. The molecule has 0 unspecified atom stereocenters. The number of para-hydroxylation sites is 1. The molecule has 0 bridgehead atoms. The highest BCUT2D eigenvalue weighted by Gasteiger charge is 2.06. The number of nitrogens with one attached hydrogen (secondary N) is 1. The summed E-state index contributed by atoms with van der Waals surface area (Å²) in [6.45, 7) is 6.26. The van der Waals surface area contributed by atoms with E-state index >= 15 is 0 Å². The number of likely N-dealkylation sites (N-methyl/N-ethyl adjacent to an activating group) is 2. The van der Waals surface area contributed by atoms with Gasteiger partial charge in [-0.25, -0.2) is 0 Å². The minimum atomic E-state index is 0.947. The molecule has 0 aromatic heterocycles. The van der Waals surface area contributed by atoms with E-state index in [1.807, 2.05) is 19.2 Å². The molecule has 0 saturated carbocycles. The van der Waals surface area contributed by atoms with Crippen molar-refractivity contribution in [3.63, 3.8) is 0 Å². The van der Waals surface area contributed by atoms with Crippen LogP contribution in [0, 0.1) is 0 Å². The van der Waals surface area contributed by atoms with E-state index in [1.54, 1.807) is 7.11 Å². The molecule has 1 N–H and O–H groups in total. The van der Waals surface area contributed by atoms with Gasteiger partial charge in [0, 0.05) is 25.2 Å². The van der Waals surface area contributed by atoms with E-state index < -0.39 is 0 Å². The molecular formula is C13H22N2O. The van der Waals surface area contributed by atoms with Crippen LogP contribution in [-0.4, -0.2) is 38.7 Å². The molecule has 3 nitrogen and oxygen atoms in total. The maximum absolute atomic E-state index is 5.35. The van der Waals surface area contributed by atoms with Gasteiger partial charge in [0.2, 0.25) is 0 Å². The molecule has 0 spiro atoms. The molecular weight excluding hydrogens is 200 g/mol. The van der Waals surface area contributed by atoms with Crippen molar-refractivity contribution in [2.24, 2.45) is 0 Å². The smallest absolute Gasteiger partial charge is 0.123 e. The van der Waals surface area contributed by atoms with Gasteiger partial charge in [-0.3, -0.25) is 4.90 Å². The van der Waals surface area contributed by atoms with E-state index in [0.29, 0.717) is 0 Å². The van der Waals surface area contributed by atoms with Crippen molar-refractivity contribution in [2.45, 2.75) is 13.5 Å². The van der Waals surface area contributed by atoms with Crippen molar-refractivity contribution >= 4 is 0 Å². The second-order valence-electron chi connectivity index (χ2n) is 3.78. The largest absolute Gasteiger partial charge is 0.496 e. The van der Waals surface area contributed by atoms with Crippen LogP contribution in [0.25, 0.3) is 0 Å². The summed E-state index contributed by atoms with van der Waals surface area (Å²) in [5.41, 5.74) is 1.25.